The Labute approximate surface area is 215 Å². The summed E-state index contributed by atoms with van der Waals surface area (Å²) in [4.78, 5) is 21.8. The average molecular weight is 520 g/mol. The molecule has 0 amide bonds. The number of benzene rings is 4. The van der Waals surface area contributed by atoms with E-state index in [1.54, 1.807) is 60.7 Å². The zero-order chi connectivity index (χ0) is 24.5. The third-order valence-corrected chi connectivity index (χ3v) is 4.75. The molecule has 0 aromatic heterocycles. The van der Waals surface area contributed by atoms with Crippen molar-refractivity contribution in [2.45, 2.75) is 0 Å². The quantitative estimate of drug-likeness (QED) is 0.224. The number of para-hydroxylation sites is 6. The molecule has 0 aliphatic carbocycles. The van der Waals surface area contributed by atoms with Gasteiger partial charge in [-0.1, -0.05) is 60.7 Å². The van der Waals surface area contributed by atoms with Crippen molar-refractivity contribution in [3.63, 3.8) is 0 Å². The van der Waals surface area contributed by atoms with Gasteiger partial charge in [0.2, 0.25) is 0 Å². The summed E-state index contributed by atoms with van der Waals surface area (Å²) in [6, 6.07) is 27.4. The van der Waals surface area contributed by atoms with Gasteiger partial charge in [0.15, 0.2) is 0 Å². The van der Waals surface area contributed by atoms with E-state index in [2.05, 4.69) is 10.6 Å². The SMILES string of the molecule is Nc1ccccc1Nc1ccccc1C(=O)[O-].Nc1ccccc1Nc1ccccc1C(=O)[O-].[Zn+2]. The number of hydrogen-bond donors (Lipinski definition) is 4. The van der Waals surface area contributed by atoms with Gasteiger partial charge < -0.3 is 41.9 Å². The van der Waals surface area contributed by atoms with Gasteiger partial charge in [-0.05, 0) is 36.4 Å². The molecule has 8 nitrogen and oxygen atoms in total. The van der Waals surface area contributed by atoms with Gasteiger partial charge in [-0.15, -0.1) is 0 Å². The molecule has 0 atom stereocenters. The molecule has 0 spiro atoms. The van der Waals surface area contributed by atoms with Crippen LogP contribution in [0.3, 0.4) is 0 Å². The third-order valence-electron chi connectivity index (χ3n) is 4.75. The predicted octanol–water partition coefficient (Wildman–Crippen LogP) is 2.75. The van der Waals surface area contributed by atoms with Crippen LogP contribution >= 0.6 is 0 Å². The van der Waals surface area contributed by atoms with E-state index in [0.717, 1.165) is 0 Å². The van der Waals surface area contributed by atoms with Gasteiger partial charge in [0.25, 0.3) is 0 Å². The van der Waals surface area contributed by atoms with Crippen LogP contribution in [0.4, 0.5) is 34.1 Å². The van der Waals surface area contributed by atoms with E-state index in [9.17, 15) is 19.8 Å². The average Bonchev–Trinajstić information content (AvgIpc) is 2.83. The molecule has 0 aliphatic heterocycles. The fraction of sp³-hybridized carbons (Fsp3) is 0. The van der Waals surface area contributed by atoms with E-state index >= 15 is 0 Å². The first-order valence-corrected chi connectivity index (χ1v) is 10.2. The molecule has 0 fully saturated rings. The van der Waals surface area contributed by atoms with Crippen LogP contribution in [0.15, 0.2) is 97.1 Å². The van der Waals surface area contributed by atoms with Crippen molar-refractivity contribution in [1.29, 1.82) is 0 Å². The first kappa shape index (κ1) is 26.9. The van der Waals surface area contributed by atoms with Gasteiger partial charge in [0, 0.05) is 22.5 Å². The van der Waals surface area contributed by atoms with Crippen LogP contribution in [0.2, 0.25) is 0 Å². The Morgan fingerprint density at radius 1 is 0.514 bits per heavy atom. The van der Waals surface area contributed by atoms with E-state index in [-0.39, 0.29) is 30.6 Å². The molecule has 0 heterocycles. The third kappa shape index (κ3) is 7.32. The first-order valence-electron chi connectivity index (χ1n) is 10.2. The Morgan fingerprint density at radius 3 is 1.11 bits per heavy atom. The summed E-state index contributed by atoms with van der Waals surface area (Å²) in [5.74, 6) is -2.44. The summed E-state index contributed by atoms with van der Waals surface area (Å²) in [6.45, 7) is 0. The molecule has 0 radical (unpaired) electrons. The summed E-state index contributed by atoms with van der Waals surface area (Å²) in [5.41, 5.74) is 15.1. The molecule has 4 aromatic carbocycles. The molecule has 9 heteroatoms. The summed E-state index contributed by atoms with van der Waals surface area (Å²) in [6.07, 6.45) is 0. The van der Waals surface area contributed by atoms with Crippen LogP contribution in [0, 0.1) is 0 Å². The Kier molecular flexibility index (Phi) is 9.81. The molecular weight excluding hydrogens is 498 g/mol. The number of nitrogens with one attached hydrogen (secondary N) is 2. The van der Waals surface area contributed by atoms with Crippen LogP contribution in [0.25, 0.3) is 0 Å². The van der Waals surface area contributed by atoms with E-state index in [1.807, 2.05) is 24.3 Å². The van der Waals surface area contributed by atoms with Gasteiger partial charge in [-0.2, -0.15) is 0 Å². The standard InChI is InChI=1S/2C13H12N2O2.Zn/c2*14-10-6-2-4-8-12(10)15-11-7-3-1-5-9(11)13(16)17;/h2*1-8,15H,14H2,(H,16,17);/q;;+2/p-2. The van der Waals surface area contributed by atoms with Crippen molar-refractivity contribution in [1.82, 2.24) is 0 Å². The number of carboxylic acid groups (broad SMARTS) is 2. The molecule has 4 aromatic rings. The van der Waals surface area contributed by atoms with Crippen molar-refractivity contribution in [3.8, 4) is 0 Å². The maximum Gasteiger partial charge on any atom is 2.00 e. The second-order valence-electron chi connectivity index (χ2n) is 7.09. The van der Waals surface area contributed by atoms with Crippen molar-refractivity contribution in [3.05, 3.63) is 108 Å². The molecule has 172 valence electrons. The van der Waals surface area contributed by atoms with Crippen LogP contribution in [-0.2, 0) is 19.5 Å². The van der Waals surface area contributed by atoms with Crippen LogP contribution < -0.4 is 32.3 Å². The zero-order valence-corrected chi connectivity index (χ0v) is 21.7. The normalized spacial score (nSPS) is 9.60. The Balaban J connectivity index is 0.000000240. The predicted molar refractivity (Wildman–Crippen MR) is 130 cm³/mol. The largest absolute Gasteiger partial charge is 2.00 e. The van der Waals surface area contributed by atoms with Crippen LogP contribution in [0.1, 0.15) is 20.7 Å². The number of carboxylic acids is 2. The van der Waals surface area contributed by atoms with Crippen molar-refractivity contribution >= 4 is 46.1 Å². The topological polar surface area (TPSA) is 156 Å². The number of nitrogens with two attached hydrogens (primary N) is 2. The van der Waals surface area contributed by atoms with Gasteiger partial charge in [0.05, 0.1) is 34.7 Å². The minimum atomic E-state index is -1.22. The maximum atomic E-state index is 10.9. The van der Waals surface area contributed by atoms with Crippen molar-refractivity contribution in [2.24, 2.45) is 0 Å². The Morgan fingerprint density at radius 2 is 0.800 bits per heavy atom. The second kappa shape index (κ2) is 12.8. The van der Waals surface area contributed by atoms with Crippen molar-refractivity contribution < 1.29 is 39.3 Å². The summed E-state index contributed by atoms with van der Waals surface area (Å²) < 4.78 is 0. The van der Waals surface area contributed by atoms with E-state index in [0.29, 0.717) is 34.1 Å². The zero-order valence-electron chi connectivity index (χ0n) is 18.7. The monoisotopic (exact) mass is 518 g/mol. The number of hydrogen-bond acceptors (Lipinski definition) is 8. The Hall–Kier alpha value is -4.36. The smallest absolute Gasteiger partial charge is 0.545 e. The van der Waals surface area contributed by atoms with Crippen LogP contribution in [-0.4, -0.2) is 11.9 Å². The fourth-order valence-electron chi connectivity index (χ4n) is 3.05. The number of carbonyl (C=O) groups excluding carboxylic acids is 2. The van der Waals surface area contributed by atoms with Gasteiger partial charge in [-0.25, -0.2) is 0 Å². The minimum Gasteiger partial charge on any atom is -0.545 e. The van der Waals surface area contributed by atoms with Gasteiger partial charge in [-0.3, -0.25) is 0 Å². The number of aromatic carboxylic acids is 2. The molecule has 35 heavy (non-hydrogen) atoms. The van der Waals surface area contributed by atoms with E-state index < -0.39 is 11.9 Å². The second-order valence-corrected chi connectivity index (χ2v) is 7.09. The molecule has 0 unspecified atom stereocenters. The molecule has 6 N–H and O–H groups in total. The van der Waals surface area contributed by atoms with Crippen molar-refractivity contribution in [2.75, 3.05) is 22.1 Å². The maximum absolute atomic E-state index is 10.9. The Bertz CT molecular complexity index is 1210. The minimum absolute atomic E-state index is 0. The van der Waals surface area contributed by atoms with Gasteiger partial charge >= 0.3 is 19.5 Å². The fourth-order valence-corrected chi connectivity index (χ4v) is 3.05. The molecule has 4 rings (SSSR count). The molecule has 0 bridgehead atoms. The molecule has 0 saturated carbocycles. The molecular formula is C26H22N4O4Zn. The first-order chi connectivity index (χ1) is 16.4. The van der Waals surface area contributed by atoms with Crippen LogP contribution in [0.5, 0.6) is 0 Å². The number of nitrogen functional groups attached to an aromatic ring is 2. The van der Waals surface area contributed by atoms with E-state index in [1.165, 1.54) is 12.1 Å². The summed E-state index contributed by atoms with van der Waals surface area (Å²) in [7, 11) is 0. The van der Waals surface area contributed by atoms with Gasteiger partial charge in [0.1, 0.15) is 0 Å². The van der Waals surface area contributed by atoms with E-state index in [4.69, 9.17) is 11.5 Å². The number of rotatable bonds is 6. The summed E-state index contributed by atoms with van der Waals surface area (Å²) in [5, 5.41) is 27.8. The summed E-state index contributed by atoms with van der Waals surface area (Å²) >= 11 is 0. The number of carbonyl (C=O) groups is 2. The molecule has 0 aliphatic rings. The molecule has 0 saturated heterocycles. The number of anilines is 6.